The van der Waals surface area contributed by atoms with Gasteiger partial charge in [0.1, 0.15) is 0 Å². The summed E-state index contributed by atoms with van der Waals surface area (Å²) in [4.78, 5) is 4.67. The van der Waals surface area contributed by atoms with Crippen molar-refractivity contribution in [1.29, 1.82) is 0 Å². The van der Waals surface area contributed by atoms with Gasteiger partial charge in [0.2, 0.25) is 0 Å². The van der Waals surface area contributed by atoms with Gasteiger partial charge in [-0.2, -0.15) is 0 Å². The molecule has 0 aromatic heterocycles. The molecule has 0 saturated carbocycles. The van der Waals surface area contributed by atoms with Crippen LogP contribution in [0.25, 0.3) is 17.2 Å². The van der Waals surface area contributed by atoms with Crippen molar-refractivity contribution < 1.29 is 0 Å². The van der Waals surface area contributed by atoms with Gasteiger partial charge in [0.05, 0.1) is 0 Å². The van der Waals surface area contributed by atoms with Crippen LogP contribution < -0.4 is 0 Å². The lowest BCUT2D eigenvalue weighted by Gasteiger charge is -2.27. The number of rotatable bonds is 11. The molecule has 3 aromatic rings. The summed E-state index contributed by atoms with van der Waals surface area (Å²) in [6.45, 7) is 13.0. The Bertz CT molecular complexity index is 1430. The molecule has 0 N–H and O–H groups in total. The summed E-state index contributed by atoms with van der Waals surface area (Å²) in [7, 11) is 0. The van der Waals surface area contributed by atoms with Gasteiger partial charge in [0.15, 0.2) is 0 Å². The molecule has 1 aliphatic rings. The van der Waals surface area contributed by atoms with Crippen molar-refractivity contribution in [3.05, 3.63) is 150 Å². The van der Waals surface area contributed by atoms with Crippen LogP contribution in [0.5, 0.6) is 0 Å². The van der Waals surface area contributed by atoms with Crippen LogP contribution in [-0.2, 0) is 11.8 Å². The molecule has 0 heterocycles. The first-order valence-electron chi connectivity index (χ1n) is 14.6. The normalized spacial score (nSPS) is 18.9. The second-order valence-electron chi connectivity index (χ2n) is 11.1. The molecule has 0 fully saturated rings. The SMILES string of the molecule is C=CC1C(/C=C/c2ccc(-c3cccc(C/C=C(/C/C=C\C=C/C)N=CCC)c3)cc2)c2ccccc2C1(C)C. The minimum atomic E-state index is 0.0869. The highest BCUT2D eigenvalue weighted by Crippen LogP contribution is 2.51. The van der Waals surface area contributed by atoms with Gasteiger partial charge in [-0.1, -0.05) is 142 Å². The van der Waals surface area contributed by atoms with E-state index in [1.807, 2.05) is 19.2 Å². The molecule has 4 rings (SSSR count). The topological polar surface area (TPSA) is 12.4 Å². The Labute approximate surface area is 242 Å². The van der Waals surface area contributed by atoms with E-state index in [9.17, 15) is 0 Å². The number of aliphatic imine (C=N–C) groups is 1. The van der Waals surface area contributed by atoms with Gasteiger partial charge in [-0.3, -0.25) is 4.99 Å². The maximum Gasteiger partial charge on any atom is 0.0400 e. The summed E-state index contributed by atoms with van der Waals surface area (Å²) in [5.41, 5.74) is 9.05. The lowest BCUT2D eigenvalue weighted by molar-refractivity contribution is 0.398. The Morgan fingerprint density at radius 2 is 1.75 bits per heavy atom. The van der Waals surface area contributed by atoms with E-state index >= 15 is 0 Å². The Morgan fingerprint density at radius 3 is 2.50 bits per heavy atom. The zero-order chi connectivity index (χ0) is 28.4. The number of hydrogen-bond donors (Lipinski definition) is 0. The van der Waals surface area contributed by atoms with Gasteiger partial charge in [0.25, 0.3) is 0 Å². The van der Waals surface area contributed by atoms with Crippen molar-refractivity contribution in [3.8, 4) is 11.1 Å². The highest BCUT2D eigenvalue weighted by atomic mass is 14.7. The van der Waals surface area contributed by atoms with Crippen molar-refractivity contribution in [2.75, 3.05) is 0 Å². The second-order valence-corrected chi connectivity index (χ2v) is 11.1. The maximum atomic E-state index is 4.67. The average Bonchev–Trinajstić information content (AvgIpc) is 3.20. The predicted molar refractivity (Wildman–Crippen MR) is 176 cm³/mol. The summed E-state index contributed by atoms with van der Waals surface area (Å²) in [6, 6.07) is 26.6. The van der Waals surface area contributed by atoms with Gasteiger partial charge in [-0.05, 0) is 64.5 Å². The van der Waals surface area contributed by atoms with Crippen LogP contribution in [0, 0.1) is 5.92 Å². The van der Waals surface area contributed by atoms with Crippen LogP contribution in [0.4, 0.5) is 0 Å². The molecule has 204 valence electrons. The molecular formula is C39H43N. The standard InChI is InChI=1S/C39H43N/c1-6-9-10-11-17-34(40-28-7-2)26-22-31-15-14-16-33(29-31)32-24-20-30(21-25-32)23-27-36-35-18-12-13-19-38(35)39(4,5)37(36)8-3/h6,8-16,18-21,23-29,36-37H,3,7,17,22H2,1-2,4-5H3/b9-6-,11-10-,27-23+,34-26-,40-28?. The number of nitrogens with zero attached hydrogens (tertiary/aromatic N) is 1. The molecule has 1 aliphatic carbocycles. The van der Waals surface area contributed by atoms with Gasteiger partial charge in [-0.25, -0.2) is 0 Å². The molecule has 0 spiro atoms. The molecule has 40 heavy (non-hydrogen) atoms. The first kappa shape index (κ1) is 29.0. The molecule has 2 atom stereocenters. The molecule has 1 nitrogen and oxygen atoms in total. The van der Waals surface area contributed by atoms with Gasteiger partial charge in [0, 0.05) is 24.3 Å². The minimum Gasteiger partial charge on any atom is -0.266 e. The van der Waals surface area contributed by atoms with E-state index in [1.54, 1.807) is 0 Å². The minimum absolute atomic E-state index is 0.0869. The number of benzene rings is 3. The smallest absolute Gasteiger partial charge is 0.0400 e. The summed E-state index contributed by atoms with van der Waals surface area (Å²) in [5, 5.41) is 0. The molecule has 1 heteroatoms. The second kappa shape index (κ2) is 13.9. The highest BCUT2D eigenvalue weighted by molar-refractivity contribution is 5.67. The van der Waals surface area contributed by atoms with Crippen molar-refractivity contribution in [3.63, 3.8) is 0 Å². The summed E-state index contributed by atoms with van der Waals surface area (Å²) in [6.07, 6.45) is 22.0. The van der Waals surface area contributed by atoms with E-state index in [-0.39, 0.29) is 5.41 Å². The summed E-state index contributed by atoms with van der Waals surface area (Å²) < 4.78 is 0. The van der Waals surface area contributed by atoms with E-state index < -0.39 is 0 Å². The number of allylic oxidation sites excluding steroid dienone is 7. The average molecular weight is 526 g/mol. The van der Waals surface area contributed by atoms with Crippen LogP contribution >= 0.6 is 0 Å². The van der Waals surface area contributed by atoms with Gasteiger partial charge < -0.3 is 0 Å². The molecule has 0 aliphatic heterocycles. The molecule has 0 saturated heterocycles. The van der Waals surface area contributed by atoms with Crippen LogP contribution in [0.1, 0.15) is 68.7 Å². The fourth-order valence-corrected chi connectivity index (χ4v) is 5.75. The van der Waals surface area contributed by atoms with E-state index in [4.69, 9.17) is 0 Å². The molecule has 3 aromatic carbocycles. The molecule has 0 amide bonds. The fourth-order valence-electron chi connectivity index (χ4n) is 5.75. The zero-order valence-corrected chi connectivity index (χ0v) is 24.6. The Balaban J connectivity index is 1.48. The monoisotopic (exact) mass is 525 g/mol. The van der Waals surface area contributed by atoms with Gasteiger partial charge in [-0.15, -0.1) is 6.58 Å². The van der Waals surface area contributed by atoms with E-state index in [0.717, 1.165) is 25.0 Å². The molecule has 0 radical (unpaired) electrons. The van der Waals surface area contributed by atoms with E-state index in [0.29, 0.717) is 11.8 Å². The van der Waals surface area contributed by atoms with Crippen molar-refractivity contribution in [2.45, 2.75) is 58.3 Å². The molecular weight excluding hydrogens is 482 g/mol. The van der Waals surface area contributed by atoms with Gasteiger partial charge >= 0.3 is 0 Å². The first-order valence-corrected chi connectivity index (χ1v) is 14.6. The summed E-state index contributed by atoms with van der Waals surface area (Å²) in [5.74, 6) is 0.729. The largest absolute Gasteiger partial charge is 0.266 e. The van der Waals surface area contributed by atoms with Crippen molar-refractivity contribution in [2.24, 2.45) is 10.9 Å². The Kier molecular flexibility index (Phi) is 10.1. The van der Waals surface area contributed by atoms with Crippen molar-refractivity contribution >= 4 is 12.3 Å². The third-order valence-electron chi connectivity index (χ3n) is 7.93. The third kappa shape index (κ3) is 6.96. The number of fused-ring (bicyclic) bond motifs is 1. The molecule has 2 unspecified atom stereocenters. The van der Waals surface area contributed by atoms with Crippen LogP contribution in [-0.4, -0.2) is 6.21 Å². The van der Waals surface area contributed by atoms with Crippen LogP contribution in [0.3, 0.4) is 0 Å². The summed E-state index contributed by atoms with van der Waals surface area (Å²) >= 11 is 0. The van der Waals surface area contributed by atoms with Crippen LogP contribution in [0.15, 0.2) is 133 Å². The lowest BCUT2D eigenvalue weighted by Crippen LogP contribution is -2.23. The Hall–Kier alpha value is -3.97. The maximum absolute atomic E-state index is 4.67. The third-order valence-corrected chi connectivity index (χ3v) is 7.93. The van der Waals surface area contributed by atoms with Crippen LogP contribution in [0.2, 0.25) is 0 Å². The highest BCUT2D eigenvalue weighted by Gasteiger charge is 2.43. The van der Waals surface area contributed by atoms with Crippen molar-refractivity contribution in [1.82, 2.24) is 0 Å². The molecule has 0 bridgehead atoms. The fraction of sp³-hybridized carbons (Fsp3) is 0.256. The van der Waals surface area contributed by atoms with E-state index in [1.165, 1.54) is 33.4 Å². The lowest BCUT2D eigenvalue weighted by atomic mass is 9.76. The Morgan fingerprint density at radius 1 is 0.950 bits per heavy atom. The zero-order valence-electron chi connectivity index (χ0n) is 24.6. The quantitative estimate of drug-likeness (QED) is 0.134. The van der Waals surface area contributed by atoms with E-state index in [2.05, 4.69) is 148 Å². The predicted octanol–water partition coefficient (Wildman–Crippen LogP) is 10.7. The number of hydrogen-bond acceptors (Lipinski definition) is 1. The first-order chi connectivity index (χ1) is 19.5.